The molecule has 0 saturated carbocycles. The third-order valence-corrected chi connectivity index (χ3v) is 2.88. The van der Waals surface area contributed by atoms with E-state index in [1.54, 1.807) is 15.9 Å². The maximum atomic E-state index is 13.1. The highest BCUT2D eigenvalue weighted by atomic mass is 79.9. The predicted molar refractivity (Wildman–Crippen MR) is 64.8 cm³/mol. The minimum absolute atomic E-state index is 0.0697. The minimum Gasteiger partial charge on any atom is -0.465 e. The molecule has 0 saturated heterocycles. The van der Waals surface area contributed by atoms with Gasteiger partial charge in [-0.05, 0) is 36.2 Å². The SMILES string of the molecule is CCOC(=O)C(CCC(F)(F)C(F)(F)Br)C(=O)OCC. The van der Waals surface area contributed by atoms with E-state index in [0.717, 1.165) is 0 Å². The van der Waals surface area contributed by atoms with Gasteiger partial charge in [0.1, 0.15) is 0 Å². The van der Waals surface area contributed by atoms with Crippen molar-refractivity contribution in [2.75, 3.05) is 13.2 Å². The molecule has 0 bridgehead atoms. The summed E-state index contributed by atoms with van der Waals surface area (Å²) in [6, 6.07) is 0. The summed E-state index contributed by atoms with van der Waals surface area (Å²) in [7, 11) is 0. The van der Waals surface area contributed by atoms with Crippen LogP contribution in [0.15, 0.2) is 0 Å². The number of ether oxygens (including phenoxy) is 2. The van der Waals surface area contributed by atoms with Gasteiger partial charge < -0.3 is 9.47 Å². The summed E-state index contributed by atoms with van der Waals surface area (Å²) < 4.78 is 60.4. The van der Waals surface area contributed by atoms with E-state index < -0.39 is 41.5 Å². The van der Waals surface area contributed by atoms with Crippen LogP contribution >= 0.6 is 15.9 Å². The standard InChI is InChI=1S/C11H15BrF4O4/c1-3-19-8(17)7(9(18)20-4-2)5-6-10(13,14)11(12,15)16/h7H,3-6H2,1-2H3. The molecule has 0 aliphatic heterocycles. The van der Waals surface area contributed by atoms with Crippen molar-refractivity contribution in [3.8, 4) is 0 Å². The summed E-state index contributed by atoms with van der Waals surface area (Å²) in [5.74, 6) is -8.18. The van der Waals surface area contributed by atoms with Crippen LogP contribution in [-0.2, 0) is 19.1 Å². The third kappa shape index (κ3) is 5.64. The second-order valence-corrected chi connectivity index (χ2v) is 4.79. The van der Waals surface area contributed by atoms with Crippen LogP contribution in [0.25, 0.3) is 0 Å². The van der Waals surface area contributed by atoms with Gasteiger partial charge in [-0.3, -0.25) is 9.59 Å². The van der Waals surface area contributed by atoms with E-state index >= 15 is 0 Å². The summed E-state index contributed by atoms with van der Waals surface area (Å²) in [5.41, 5.74) is 0. The zero-order chi connectivity index (χ0) is 16.0. The largest absolute Gasteiger partial charge is 0.465 e. The summed E-state index contributed by atoms with van der Waals surface area (Å²) >= 11 is 1.57. The van der Waals surface area contributed by atoms with Gasteiger partial charge in [-0.2, -0.15) is 17.6 Å². The lowest BCUT2D eigenvalue weighted by molar-refractivity contribution is -0.168. The molecular weight excluding hydrogens is 352 g/mol. The highest BCUT2D eigenvalue weighted by Gasteiger charge is 2.54. The average Bonchev–Trinajstić information content (AvgIpc) is 2.28. The van der Waals surface area contributed by atoms with E-state index in [0.29, 0.717) is 0 Å². The molecule has 0 amide bonds. The number of carbonyl (C=O) groups excluding carboxylic acids is 2. The van der Waals surface area contributed by atoms with Crippen LogP contribution < -0.4 is 0 Å². The lowest BCUT2D eigenvalue weighted by atomic mass is 10.0. The van der Waals surface area contributed by atoms with Gasteiger partial charge in [0.2, 0.25) is 0 Å². The van der Waals surface area contributed by atoms with Crippen molar-refractivity contribution in [1.82, 2.24) is 0 Å². The lowest BCUT2D eigenvalue weighted by Crippen LogP contribution is -2.37. The molecule has 0 fully saturated rings. The van der Waals surface area contributed by atoms with Crippen LogP contribution in [-0.4, -0.2) is 35.9 Å². The van der Waals surface area contributed by atoms with Crippen molar-refractivity contribution in [2.24, 2.45) is 5.92 Å². The molecule has 0 aromatic carbocycles. The number of alkyl halides is 5. The van der Waals surface area contributed by atoms with E-state index in [-0.39, 0.29) is 13.2 Å². The molecule has 0 heterocycles. The molecule has 0 aliphatic carbocycles. The van der Waals surface area contributed by atoms with Crippen molar-refractivity contribution in [1.29, 1.82) is 0 Å². The second-order valence-electron chi connectivity index (χ2n) is 3.80. The smallest absolute Gasteiger partial charge is 0.363 e. The summed E-state index contributed by atoms with van der Waals surface area (Å²) in [5, 5.41) is 0. The minimum atomic E-state index is -4.42. The molecule has 0 aromatic rings. The highest BCUT2D eigenvalue weighted by Crippen LogP contribution is 2.43. The first-order valence-corrected chi connectivity index (χ1v) is 6.64. The van der Waals surface area contributed by atoms with Crippen LogP contribution in [0.4, 0.5) is 17.6 Å². The van der Waals surface area contributed by atoms with Gasteiger partial charge in [-0.15, -0.1) is 0 Å². The molecule has 0 spiro atoms. The molecule has 9 heteroatoms. The Bertz CT molecular complexity index is 326. The molecule has 4 nitrogen and oxygen atoms in total. The fourth-order valence-electron chi connectivity index (χ4n) is 1.28. The number of carbonyl (C=O) groups is 2. The number of hydrogen-bond acceptors (Lipinski definition) is 4. The van der Waals surface area contributed by atoms with E-state index in [1.807, 2.05) is 0 Å². The van der Waals surface area contributed by atoms with Gasteiger partial charge in [-0.1, -0.05) is 0 Å². The van der Waals surface area contributed by atoms with Crippen LogP contribution in [0, 0.1) is 5.92 Å². The zero-order valence-electron chi connectivity index (χ0n) is 10.9. The van der Waals surface area contributed by atoms with Crippen molar-refractivity contribution in [2.45, 2.75) is 37.4 Å². The summed E-state index contributed by atoms with van der Waals surface area (Å²) in [4.78, 5) is 18.5. The maximum absolute atomic E-state index is 13.1. The van der Waals surface area contributed by atoms with Crippen molar-refractivity contribution in [3.05, 3.63) is 0 Å². The molecular formula is C11H15BrF4O4. The molecule has 118 valence electrons. The first-order valence-electron chi connectivity index (χ1n) is 5.84. The predicted octanol–water partition coefficient (Wildman–Crippen LogP) is 3.13. The monoisotopic (exact) mass is 366 g/mol. The fraction of sp³-hybridized carbons (Fsp3) is 0.818. The Balaban J connectivity index is 4.83. The summed E-state index contributed by atoms with van der Waals surface area (Å²) in [6.07, 6.45) is -2.17. The molecule has 0 radical (unpaired) electrons. The molecule has 0 N–H and O–H groups in total. The van der Waals surface area contributed by atoms with Crippen LogP contribution in [0.2, 0.25) is 0 Å². The van der Waals surface area contributed by atoms with Crippen molar-refractivity contribution < 1.29 is 36.6 Å². The Kier molecular flexibility index (Phi) is 7.46. The molecule has 20 heavy (non-hydrogen) atoms. The Morgan fingerprint density at radius 1 is 1.05 bits per heavy atom. The van der Waals surface area contributed by atoms with Crippen LogP contribution in [0.3, 0.4) is 0 Å². The second kappa shape index (κ2) is 7.80. The number of rotatable bonds is 8. The van der Waals surface area contributed by atoms with Gasteiger partial charge in [0.25, 0.3) is 0 Å². The van der Waals surface area contributed by atoms with Crippen molar-refractivity contribution >= 4 is 27.9 Å². The first kappa shape index (κ1) is 19.1. The Labute approximate surface area is 121 Å². The Hall–Kier alpha value is -0.860. The molecule has 0 aromatic heterocycles. The first-order chi connectivity index (χ1) is 9.06. The molecule has 0 unspecified atom stereocenters. The zero-order valence-corrected chi connectivity index (χ0v) is 12.5. The van der Waals surface area contributed by atoms with E-state index in [9.17, 15) is 27.2 Å². The maximum Gasteiger partial charge on any atom is 0.363 e. The van der Waals surface area contributed by atoms with Crippen molar-refractivity contribution in [3.63, 3.8) is 0 Å². The van der Waals surface area contributed by atoms with Crippen LogP contribution in [0.1, 0.15) is 26.7 Å². The average molecular weight is 367 g/mol. The highest BCUT2D eigenvalue weighted by molar-refractivity contribution is 9.10. The van der Waals surface area contributed by atoms with Gasteiger partial charge in [0.15, 0.2) is 5.92 Å². The third-order valence-electron chi connectivity index (χ3n) is 2.30. The number of hydrogen-bond donors (Lipinski definition) is 0. The quantitative estimate of drug-likeness (QED) is 0.286. The van der Waals surface area contributed by atoms with Gasteiger partial charge in [0.05, 0.1) is 13.2 Å². The van der Waals surface area contributed by atoms with Gasteiger partial charge in [-0.25, -0.2) is 0 Å². The molecule has 0 atom stereocenters. The van der Waals surface area contributed by atoms with Crippen LogP contribution in [0.5, 0.6) is 0 Å². The Morgan fingerprint density at radius 3 is 1.75 bits per heavy atom. The van der Waals surface area contributed by atoms with Gasteiger partial charge in [0, 0.05) is 6.42 Å². The van der Waals surface area contributed by atoms with E-state index in [2.05, 4.69) is 9.47 Å². The molecule has 0 rings (SSSR count). The normalized spacial score (nSPS) is 12.4. The van der Waals surface area contributed by atoms with E-state index in [4.69, 9.17) is 0 Å². The Morgan fingerprint density at radius 2 is 1.45 bits per heavy atom. The number of halogens is 5. The fourth-order valence-corrected chi connectivity index (χ4v) is 1.48. The van der Waals surface area contributed by atoms with E-state index in [1.165, 1.54) is 13.8 Å². The number of esters is 2. The lowest BCUT2D eigenvalue weighted by Gasteiger charge is -2.23. The summed E-state index contributed by atoms with van der Waals surface area (Å²) in [6.45, 7) is 2.78. The van der Waals surface area contributed by atoms with Gasteiger partial charge >= 0.3 is 22.7 Å². The topological polar surface area (TPSA) is 52.6 Å². The molecule has 0 aliphatic rings.